The Labute approximate surface area is 178 Å². The van der Waals surface area contributed by atoms with Gasteiger partial charge in [-0.25, -0.2) is 4.79 Å². The van der Waals surface area contributed by atoms with E-state index in [2.05, 4.69) is 0 Å². The molecule has 11 heteroatoms. The van der Waals surface area contributed by atoms with E-state index < -0.39 is 53.6 Å². The van der Waals surface area contributed by atoms with Crippen molar-refractivity contribution in [3.05, 3.63) is 52.7 Å². The van der Waals surface area contributed by atoms with Gasteiger partial charge in [0.05, 0.1) is 5.39 Å². The molecule has 5 unspecified atom stereocenters. The second-order valence-electron chi connectivity index (χ2n) is 7.14. The molecule has 11 nitrogen and oxygen atoms in total. The van der Waals surface area contributed by atoms with Crippen LogP contribution in [0.4, 0.5) is 0 Å². The number of aromatic hydroxyl groups is 2. The molecule has 5 atom stereocenters. The molecule has 1 fully saturated rings. The largest absolute Gasteiger partial charge is 0.504 e. The number of ether oxygens (including phenoxy) is 2. The van der Waals surface area contributed by atoms with Gasteiger partial charge < -0.3 is 44.5 Å². The van der Waals surface area contributed by atoms with Crippen molar-refractivity contribution in [3.8, 4) is 28.6 Å². The number of fused-ring (bicyclic) bond motifs is 1. The maximum Gasteiger partial charge on any atom is 0.335 e. The van der Waals surface area contributed by atoms with Crippen LogP contribution in [0.25, 0.3) is 22.3 Å². The van der Waals surface area contributed by atoms with E-state index in [9.17, 15) is 35.1 Å². The van der Waals surface area contributed by atoms with Crippen LogP contribution < -0.4 is 10.2 Å². The summed E-state index contributed by atoms with van der Waals surface area (Å²) in [7, 11) is 0. The van der Waals surface area contributed by atoms with E-state index >= 15 is 0 Å². The Kier molecular flexibility index (Phi) is 5.48. The Hall–Kier alpha value is -3.64. The smallest absolute Gasteiger partial charge is 0.335 e. The number of phenols is 1. The minimum absolute atomic E-state index is 0.110. The SMILES string of the molecule is O=C(O)C1OC(Oc2cc(-c3oc4ccccc4c(=O)c3O)ccc2O)C(O)C(O)C1O. The van der Waals surface area contributed by atoms with Crippen molar-refractivity contribution in [2.24, 2.45) is 0 Å². The number of hydrogen-bond donors (Lipinski definition) is 6. The molecule has 1 aliphatic rings. The second kappa shape index (κ2) is 8.13. The standard InChI is InChI=1S/C21H18O11/c22-10-6-5-8(18-15(25)13(23)9-3-1-2-4-11(9)30-18)7-12(10)31-21-17(27)14(24)16(26)19(32-21)20(28)29/h1-7,14,16-17,19,21-22,24-27H,(H,28,29). The van der Waals surface area contributed by atoms with Gasteiger partial charge in [-0.05, 0) is 30.3 Å². The molecule has 0 saturated carbocycles. The summed E-state index contributed by atoms with van der Waals surface area (Å²) in [6.45, 7) is 0. The maximum atomic E-state index is 12.5. The summed E-state index contributed by atoms with van der Waals surface area (Å²) in [4.78, 5) is 23.7. The lowest BCUT2D eigenvalue weighted by molar-refractivity contribution is -0.271. The molecule has 0 radical (unpaired) electrons. The molecule has 6 N–H and O–H groups in total. The zero-order valence-electron chi connectivity index (χ0n) is 16.2. The average molecular weight is 446 g/mol. The van der Waals surface area contributed by atoms with E-state index in [0.717, 1.165) is 12.1 Å². The molecule has 32 heavy (non-hydrogen) atoms. The van der Waals surface area contributed by atoms with Gasteiger partial charge in [-0.3, -0.25) is 4.79 Å². The number of carboxylic acids is 1. The average Bonchev–Trinajstić information content (AvgIpc) is 2.77. The van der Waals surface area contributed by atoms with E-state index in [1.54, 1.807) is 12.1 Å². The Morgan fingerprint density at radius 2 is 1.69 bits per heavy atom. The first kappa shape index (κ1) is 21.6. The van der Waals surface area contributed by atoms with Crippen LogP contribution in [0.1, 0.15) is 0 Å². The molecular formula is C21H18O11. The van der Waals surface area contributed by atoms with Crippen LogP contribution in [0, 0.1) is 0 Å². The monoisotopic (exact) mass is 446 g/mol. The molecule has 0 bridgehead atoms. The van der Waals surface area contributed by atoms with Gasteiger partial charge in [-0.2, -0.15) is 0 Å². The number of hydrogen-bond acceptors (Lipinski definition) is 10. The molecule has 0 amide bonds. The second-order valence-corrected chi connectivity index (χ2v) is 7.14. The van der Waals surface area contributed by atoms with Crippen molar-refractivity contribution in [2.45, 2.75) is 30.7 Å². The van der Waals surface area contributed by atoms with Gasteiger partial charge >= 0.3 is 5.97 Å². The minimum Gasteiger partial charge on any atom is -0.504 e. The highest BCUT2D eigenvalue weighted by Gasteiger charge is 2.48. The fourth-order valence-electron chi connectivity index (χ4n) is 3.35. The molecule has 1 aromatic heterocycles. The molecule has 3 aromatic rings. The highest BCUT2D eigenvalue weighted by atomic mass is 16.7. The van der Waals surface area contributed by atoms with E-state index in [1.165, 1.54) is 18.2 Å². The fraction of sp³-hybridized carbons (Fsp3) is 0.238. The van der Waals surface area contributed by atoms with Crippen LogP contribution in [0.2, 0.25) is 0 Å². The Morgan fingerprint density at radius 3 is 2.41 bits per heavy atom. The van der Waals surface area contributed by atoms with E-state index in [4.69, 9.17) is 19.0 Å². The maximum absolute atomic E-state index is 12.5. The Morgan fingerprint density at radius 1 is 0.969 bits per heavy atom. The third-order valence-electron chi connectivity index (χ3n) is 5.05. The summed E-state index contributed by atoms with van der Waals surface area (Å²) in [5, 5.41) is 59.6. The summed E-state index contributed by atoms with van der Waals surface area (Å²) in [6, 6.07) is 9.89. The van der Waals surface area contributed by atoms with Crippen molar-refractivity contribution in [1.29, 1.82) is 0 Å². The summed E-state index contributed by atoms with van der Waals surface area (Å²) >= 11 is 0. The first-order chi connectivity index (χ1) is 15.2. The molecule has 2 aromatic carbocycles. The molecular weight excluding hydrogens is 428 g/mol. The highest BCUT2D eigenvalue weighted by molar-refractivity contribution is 5.82. The summed E-state index contributed by atoms with van der Waals surface area (Å²) < 4.78 is 16.0. The third-order valence-corrected chi connectivity index (χ3v) is 5.05. The number of para-hydroxylation sites is 1. The van der Waals surface area contributed by atoms with Gasteiger partial charge in [0.2, 0.25) is 17.5 Å². The topological polar surface area (TPSA) is 187 Å². The molecule has 0 spiro atoms. The normalized spacial score (nSPS) is 25.5. The van der Waals surface area contributed by atoms with Gasteiger partial charge in [0, 0.05) is 5.56 Å². The fourth-order valence-corrected chi connectivity index (χ4v) is 3.35. The Balaban J connectivity index is 1.71. The number of phenolic OH excluding ortho intramolecular Hbond substituents is 1. The van der Waals surface area contributed by atoms with Crippen LogP contribution in [0.5, 0.6) is 17.2 Å². The molecule has 1 aliphatic heterocycles. The predicted octanol–water partition coefficient (Wildman–Crippen LogP) is 0.142. The van der Waals surface area contributed by atoms with Gasteiger partial charge in [0.1, 0.15) is 23.9 Å². The summed E-state index contributed by atoms with van der Waals surface area (Å²) in [5.41, 5.74) is -0.364. The van der Waals surface area contributed by atoms with Crippen molar-refractivity contribution < 1.29 is 49.3 Å². The minimum atomic E-state index is -1.91. The van der Waals surface area contributed by atoms with E-state index in [-0.39, 0.29) is 28.0 Å². The van der Waals surface area contributed by atoms with Gasteiger partial charge in [-0.15, -0.1) is 0 Å². The number of carboxylic acid groups (broad SMARTS) is 1. The lowest BCUT2D eigenvalue weighted by Gasteiger charge is -2.38. The quantitative estimate of drug-likeness (QED) is 0.320. The predicted molar refractivity (Wildman–Crippen MR) is 106 cm³/mol. The Bertz CT molecular complexity index is 1230. The first-order valence-electron chi connectivity index (χ1n) is 9.36. The molecule has 1 saturated heterocycles. The van der Waals surface area contributed by atoms with Crippen LogP contribution in [0.3, 0.4) is 0 Å². The summed E-state index contributed by atoms with van der Waals surface area (Å²) in [6.07, 6.45) is -9.33. The number of benzene rings is 2. The molecule has 2 heterocycles. The zero-order valence-corrected chi connectivity index (χ0v) is 16.2. The van der Waals surface area contributed by atoms with Gasteiger partial charge in [0.15, 0.2) is 23.4 Å². The van der Waals surface area contributed by atoms with Crippen molar-refractivity contribution in [2.75, 3.05) is 0 Å². The highest BCUT2D eigenvalue weighted by Crippen LogP contribution is 2.37. The van der Waals surface area contributed by atoms with Crippen LogP contribution in [-0.2, 0) is 9.53 Å². The molecule has 0 aliphatic carbocycles. The van der Waals surface area contributed by atoms with Crippen LogP contribution in [-0.4, -0.2) is 67.3 Å². The number of carbonyl (C=O) groups is 1. The summed E-state index contributed by atoms with van der Waals surface area (Å²) in [5.74, 6) is -3.30. The zero-order chi connectivity index (χ0) is 23.2. The lowest BCUT2D eigenvalue weighted by Crippen LogP contribution is -2.61. The number of aliphatic hydroxyl groups is 3. The first-order valence-corrected chi connectivity index (χ1v) is 9.36. The number of rotatable bonds is 4. The lowest BCUT2D eigenvalue weighted by atomic mass is 9.99. The van der Waals surface area contributed by atoms with Gasteiger partial charge in [0.25, 0.3) is 0 Å². The third kappa shape index (κ3) is 3.63. The molecule has 168 valence electrons. The van der Waals surface area contributed by atoms with E-state index in [1.807, 2.05) is 0 Å². The van der Waals surface area contributed by atoms with Crippen molar-refractivity contribution >= 4 is 16.9 Å². The van der Waals surface area contributed by atoms with Crippen molar-refractivity contribution in [1.82, 2.24) is 0 Å². The van der Waals surface area contributed by atoms with Crippen LogP contribution >= 0.6 is 0 Å². The van der Waals surface area contributed by atoms with Gasteiger partial charge in [-0.1, -0.05) is 12.1 Å². The number of aliphatic carboxylic acids is 1. The molecule has 4 rings (SSSR count). The van der Waals surface area contributed by atoms with Crippen molar-refractivity contribution in [3.63, 3.8) is 0 Å². The van der Waals surface area contributed by atoms with E-state index in [0.29, 0.717) is 0 Å². The van der Waals surface area contributed by atoms with Crippen LogP contribution in [0.15, 0.2) is 51.7 Å². The number of aliphatic hydroxyl groups excluding tert-OH is 3.